The van der Waals surface area contributed by atoms with Crippen molar-refractivity contribution in [1.82, 2.24) is 5.32 Å². The van der Waals surface area contributed by atoms with Crippen LogP contribution < -0.4 is 5.32 Å². The van der Waals surface area contributed by atoms with Crippen LogP contribution >= 0.6 is 17.1 Å². The summed E-state index contributed by atoms with van der Waals surface area (Å²) in [5.74, 6) is 0.193. The maximum absolute atomic E-state index is 10.8. The Balaban J connectivity index is 0. The van der Waals surface area contributed by atoms with Crippen molar-refractivity contribution in [3.8, 4) is 0 Å². The molecule has 0 aromatic rings. The first kappa shape index (κ1) is 19.0. The van der Waals surface area contributed by atoms with E-state index in [2.05, 4.69) is 5.32 Å². The van der Waals surface area contributed by atoms with Crippen LogP contribution in [0, 0.1) is 0 Å². The Morgan fingerprint density at radius 3 is 2.12 bits per heavy atom. The van der Waals surface area contributed by atoms with Crippen molar-refractivity contribution in [1.29, 1.82) is 0 Å². The largest absolute Gasteiger partial charge is 0.617 e. The van der Waals surface area contributed by atoms with Gasteiger partial charge in [-0.15, -0.1) is 0 Å². The first-order valence-corrected chi connectivity index (χ1v) is 10.3. The van der Waals surface area contributed by atoms with Crippen LogP contribution in [0.4, 0.5) is 0 Å². The van der Waals surface area contributed by atoms with E-state index in [1.807, 2.05) is 0 Å². The number of carbonyl (C=O) groups excluding carboxylic acids is 1. The molecule has 16 heavy (non-hydrogen) atoms. The van der Waals surface area contributed by atoms with Crippen LogP contribution in [-0.4, -0.2) is 50.0 Å². The molecule has 0 aliphatic heterocycles. The first-order valence-electron chi connectivity index (χ1n) is 4.13. The minimum absolute atomic E-state index is 0.0803. The molecule has 0 aliphatic carbocycles. The molecule has 0 aromatic carbocycles. The summed E-state index contributed by atoms with van der Waals surface area (Å²) < 4.78 is 19.5. The van der Waals surface area contributed by atoms with Gasteiger partial charge in [-0.05, 0) is 11.8 Å². The molecule has 0 saturated carbocycles. The highest BCUT2D eigenvalue weighted by Gasteiger charge is 2.17. The number of hydrogen-bond donors (Lipinski definition) is 1. The van der Waals surface area contributed by atoms with E-state index in [-0.39, 0.29) is 11.7 Å². The van der Waals surface area contributed by atoms with Gasteiger partial charge in [0.2, 0.25) is 11.6 Å². The number of carbonyl (C=O) groups is 1. The third-order valence-electron chi connectivity index (χ3n) is 1.08. The van der Waals surface area contributed by atoms with Crippen molar-refractivity contribution in [3.05, 3.63) is 0 Å². The molecule has 9 heteroatoms. The summed E-state index contributed by atoms with van der Waals surface area (Å²) >= 11 is 5.64. The lowest BCUT2D eigenvalue weighted by Gasteiger charge is -2.15. The fraction of sp³-hybridized carbons (Fsp3) is 0.857. The van der Waals surface area contributed by atoms with E-state index >= 15 is 0 Å². The van der Waals surface area contributed by atoms with Crippen LogP contribution in [0.25, 0.3) is 0 Å². The number of amides is 1. The lowest BCUT2D eigenvalue weighted by Crippen LogP contribution is -2.19. The van der Waals surface area contributed by atoms with Gasteiger partial charge >= 0.3 is 0 Å². The second-order valence-corrected chi connectivity index (χ2v) is 10.5. The molecule has 0 heterocycles. The Labute approximate surface area is 109 Å². The molecule has 1 N–H and O–H groups in total. The average molecular weight is 307 g/mol. The molecule has 0 aliphatic rings. The van der Waals surface area contributed by atoms with E-state index in [1.54, 1.807) is 19.6 Å². The van der Waals surface area contributed by atoms with Gasteiger partial charge in [0.05, 0.1) is 18.3 Å². The molecule has 5 nitrogen and oxygen atoms in total. The summed E-state index contributed by atoms with van der Waals surface area (Å²) in [4.78, 5) is 10.8. The monoisotopic (exact) mass is 307 g/mol. The molecule has 0 fully saturated rings. The van der Waals surface area contributed by atoms with Crippen molar-refractivity contribution in [2.45, 2.75) is 0 Å². The summed E-state index contributed by atoms with van der Waals surface area (Å²) in [5, 5.41) is 2.49. The summed E-state index contributed by atoms with van der Waals surface area (Å²) in [6, 6.07) is 0. The van der Waals surface area contributed by atoms with Crippen LogP contribution in [0.15, 0.2) is 0 Å². The van der Waals surface area contributed by atoms with Crippen molar-refractivity contribution in [3.63, 3.8) is 0 Å². The lowest BCUT2D eigenvalue weighted by molar-refractivity contribution is -0.118. The molecule has 0 spiro atoms. The fourth-order valence-electron chi connectivity index (χ4n) is 0.390. The van der Waals surface area contributed by atoms with Crippen molar-refractivity contribution in [2.24, 2.45) is 0 Å². The van der Waals surface area contributed by atoms with Gasteiger partial charge in [-0.2, -0.15) is 0 Å². The summed E-state index contributed by atoms with van der Waals surface area (Å²) in [5.41, 5.74) is -2.26. The minimum Gasteiger partial charge on any atom is -0.617 e. The van der Waals surface area contributed by atoms with Gasteiger partial charge in [0.1, 0.15) is 0 Å². The average Bonchev–Trinajstić information content (AvgIpc) is 2.24. The Hall–Kier alpha value is 0.700. The van der Waals surface area contributed by atoms with Gasteiger partial charge in [0, 0.05) is 21.3 Å². The van der Waals surface area contributed by atoms with E-state index in [1.165, 1.54) is 25.6 Å². The van der Waals surface area contributed by atoms with Crippen molar-refractivity contribution < 1.29 is 18.4 Å². The van der Waals surface area contributed by atoms with Gasteiger partial charge < -0.3 is 18.9 Å². The Morgan fingerprint density at radius 1 is 1.50 bits per heavy atom. The van der Waals surface area contributed by atoms with Gasteiger partial charge in [-0.3, -0.25) is 4.79 Å². The standard InChI is InChI=1S/C5H12NO3PS2.C2H6OS/c1-6-5(7)4-12-10(11,8-2)9-3;1-4(2)3/h4H2,1-3H3,(H,6,7);1-2H3. The minimum atomic E-state index is -2.26. The molecule has 0 unspecified atom stereocenters. The predicted molar refractivity (Wildman–Crippen MR) is 74.8 cm³/mol. The van der Waals surface area contributed by atoms with Gasteiger partial charge in [-0.1, -0.05) is 22.6 Å². The van der Waals surface area contributed by atoms with Gasteiger partial charge in [-0.25, -0.2) is 0 Å². The van der Waals surface area contributed by atoms with Crippen LogP contribution in [0.3, 0.4) is 0 Å². The Morgan fingerprint density at radius 2 is 1.88 bits per heavy atom. The summed E-state index contributed by atoms with van der Waals surface area (Å²) in [6.45, 7) is 0. The molecular weight excluding hydrogens is 289 g/mol. The molecule has 0 aromatic heterocycles. The summed E-state index contributed by atoms with van der Waals surface area (Å²) in [7, 11) is 4.55. The van der Waals surface area contributed by atoms with E-state index in [9.17, 15) is 9.35 Å². The van der Waals surface area contributed by atoms with E-state index in [0.717, 1.165) is 0 Å². The van der Waals surface area contributed by atoms with Crippen LogP contribution in [0.2, 0.25) is 0 Å². The molecule has 0 saturated heterocycles. The molecule has 0 atom stereocenters. The van der Waals surface area contributed by atoms with E-state index < -0.39 is 16.9 Å². The zero-order chi connectivity index (χ0) is 13.2. The van der Waals surface area contributed by atoms with Crippen LogP contribution in [0.1, 0.15) is 0 Å². The molecule has 0 radical (unpaired) electrons. The quantitative estimate of drug-likeness (QED) is 0.603. The van der Waals surface area contributed by atoms with Gasteiger partial charge in [0.25, 0.3) is 0 Å². The second kappa shape index (κ2) is 10.8. The highest BCUT2D eigenvalue weighted by atomic mass is 32.9. The van der Waals surface area contributed by atoms with E-state index in [0.29, 0.717) is 0 Å². The maximum atomic E-state index is 10.8. The number of nitrogens with one attached hydrogen (secondary N) is 1. The number of rotatable bonds is 5. The van der Waals surface area contributed by atoms with Crippen LogP contribution in [0.5, 0.6) is 0 Å². The molecule has 1 amide bonds. The highest BCUT2D eigenvalue weighted by molar-refractivity contribution is 8.68. The summed E-state index contributed by atoms with van der Waals surface area (Å²) in [6.07, 6.45) is 3.28. The molecule has 98 valence electrons. The molecule has 0 bridgehead atoms. The highest BCUT2D eigenvalue weighted by Crippen LogP contribution is 2.59. The zero-order valence-corrected chi connectivity index (χ0v) is 13.4. The first-order chi connectivity index (χ1) is 7.31. The second-order valence-electron chi connectivity index (χ2n) is 2.50. The zero-order valence-electron chi connectivity index (χ0n) is 10.0. The molecule has 0 rings (SSSR count). The lowest BCUT2D eigenvalue weighted by atomic mass is 10.7. The SMILES string of the molecule is CNC(=O)CSP(=S)(OC)OC.C[S+](C)[O-]. The van der Waals surface area contributed by atoms with E-state index in [4.69, 9.17) is 20.9 Å². The fourth-order valence-corrected chi connectivity index (χ4v) is 3.10. The normalized spacial score (nSPS) is 10.7. The van der Waals surface area contributed by atoms with Crippen molar-refractivity contribution >= 4 is 46.0 Å². The molecular formula is C7H18NO4PS3. The Bertz CT molecular complexity index is 229. The number of hydrogen-bond acceptors (Lipinski definition) is 6. The van der Waals surface area contributed by atoms with Gasteiger partial charge in [0.15, 0.2) is 0 Å². The third-order valence-corrected chi connectivity index (χ3v) is 6.76. The Kier molecular flexibility index (Phi) is 12.9. The predicted octanol–water partition coefficient (Wildman–Crippen LogP) is 0.978. The topological polar surface area (TPSA) is 70.6 Å². The third kappa shape index (κ3) is 12.8. The smallest absolute Gasteiger partial charge is 0.247 e. The maximum Gasteiger partial charge on any atom is 0.247 e. The van der Waals surface area contributed by atoms with Crippen LogP contribution in [-0.2, 0) is 36.8 Å². The van der Waals surface area contributed by atoms with Crippen molar-refractivity contribution in [2.75, 3.05) is 39.5 Å².